The normalized spacial score (nSPS) is 19.8. The SMILES string of the molecule is C[C@@H](C(=O)NCc1ccccc1)N1CCCC[C@@H]1Cn1cccn1. The molecular formula is C19H26N4O. The second-order valence-electron chi connectivity index (χ2n) is 6.49. The summed E-state index contributed by atoms with van der Waals surface area (Å²) in [4.78, 5) is 14.9. The van der Waals surface area contributed by atoms with E-state index in [1.54, 1.807) is 0 Å². The van der Waals surface area contributed by atoms with Gasteiger partial charge in [-0.15, -0.1) is 0 Å². The van der Waals surface area contributed by atoms with Gasteiger partial charge in [0.2, 0.25) is 5.91 Å². The molecule has 1 aromatic heterocycles. The molecule has 1 N–H and O–H groups in total. The molecule has 2 atom stereocenters. The molecule has 0 radical (unpaired) electrons. The standard InChI is InChI=1S/C19H26N4O/c1-16(19(24)20-14-17-8-3-2-4-9-17)23-13-6-5-10-18(23)15-22-12-7-11-21-22/h2-4,7-9,11-12,16,18H,5-6,10,13-15H2,1H3,(H,20,24)/t16-,18+/m0/s1. The lowest BCUT2D eigenvalue weighted by Gasteiger charge is -2.39. The predicted octanol–water partition coefficient (Wildman–Crippen LogP) is 2.44. The quantitative estimate of drug-likeness (QED) is 0.887. The fraction of sp³-hybridized carbons (Fsp3) is 0.474. The van der Waals surface area contributed by atoms with Crippen LogP contribution in [0.2, 0.25) is 0 Å². The van der Waals surface area contributed by atoms with Crippen molar-refractivity contribution < 1.29 is 4.79 Å². The smallest absolute Gasteiger partial charge is 0.237 e. The lowest BCUT2D eigenvalue weighted by molar-refractivity contribution is -0.127. The van der Waals surface area contributed by atoms with Crippen molar-refractivity contribution in [3.05, 3.63) is 54.4 Å². The first-order valence-electron chi connectivity index (χ1n) is 8.79. The molecule has 1 aliphatic rings. The van der Waals surface area contributed by atoms with Crippen molar-refractivity contribution in [2.75, 3.05) is 6.54 Å². The minimum absolute atomic E-state index is 0.103. The van der Waals surface area contributed by atoms with Gasteiger partial charge in [-0.3, -0.25) is 14.4 Å². The summed E-state index contributed by atoms with van der Waals surface area (Å²) < 4.78 is 1.97. The lowest BCUT2D eigenvalue weighted by atomic mass is 9.99. The number of carbonyl (C=O) groups is 1. The van der Waals surface area contributed by atoms with E-state index in [9.17, 15) is 4.79 Å². The van der Waals surface area contributed by atoms with Crippen LogP contribution in [0.3, 0.4) is 0 Å². The molecule has 2 aromatic rings. The highest BCUT2D eigenvalue weighted by atomic mass is 16.2. The number of aromatic nitrogens is 2. The molecular weight excluding hydrogens is 300 g/mol. The van der Waals surface area contributed by atoms with Crippen LogP contribution in [0.1, 0.15) is 31.7 Å². The van der Waals surface area contributed by atoms with E-state index in [-0.39, 0.29) is 11.9 Å². The molecule has 0 spiro atoms. The molecule has 24 heavy (non-hydrogen) atoms. The third-order valence-corrected chi connectivity index (χ3v) is 4.82. The van der Waals surface area contributed by atoms with Crippen LogP contribution in [0.5, 0.6) is 0 Å². The largest absolute Gasteiger partial charge is 0.351 e. The van der Waals surface area contributed by atoms with E-state index in [0.717, 1.165) is 31.5 Å². The summed E-state index contributed by atoms with van der Waals surface area (Å²) in [6.45, 7) is 4.43. The van der Waals surface area contributed by atoms with Crippen LogP contribution >= 0.6 is 0 Å². The number of likely N-dealkylation sites (tertiary alicyclic amines) is 1. The van der Waals surface area contributed by atoms with Crippen molar-refractivity contribution in [2.24, 2.45) is 0 Å². The van der Waals surface area contributed by atoms with Crippen molar-refractivity contribution in [1.82, 2.24) is 20.0 Å². The van der Waals surface area contributed by atoms with E-state index in [1.807, 2.05) is 60.4 Å². The first-order chi connectivity index (χ1) is 11.7. The molecule has 0 unspecified atom stereocenters. The van der Waals surface area contributed by atoms with E-state index < -0.39 is 0 Å². The van der Waals surface area contributed by atoms with Crippen LogP contribution < -0.4 is 5.32 Å². The van der Waals surface area contributed by atoms with E-state index in [4.69, 9.17) is 0 Å². The van der Waals surface area contributed by atoms with Gasteiger partial charge in [0.05, 0.1) is 12.6 Å². The minimum atomic E-state index is -0.116. The molecule has 5 heteroatoms. The molecule has 0 bridgehead atoms. The summed E-state index contributed by atoms with van der Waals surface area (Å²) in [5.74, 6) is 0.103. The first kappa shape index (κ1) is 16.7. The summed E-state index contributed by atoms with van der Waals surface area (Å²) in [5.41, 5.74) is 1.13. The Labute approximate surface area is 143 Å². The summed E-state index contributed by atoms with van der Waals surface area (Å²) >= 11 is 0. The van der Waals surface area contributed by atoms with Crippen LogP contribution in [0.4, 0.5) is 0 Å². The number of nitrogens with one attached hydrogen (secondary N) is 1. The van der Waals surface area contributed by atoms with Gasteiger partial charge >= 0.3 is 0 Å². The van der Waals surface area contributed by atoms with Crippen LogP contribution in [0, 0.1) is 0 Å². The highest BCUT2D eigenvalue weighted by Crippen LogP contribution is 2.21. The summed E-state index contributed by atoms with van der Waals surface area (Å²) in [6, 6.07) is 12.3. The van der Waals surface area contributed by atoms with Crippen LogP contribution in [0.25, 0.3) is 0 Å². The van der Waals surface area contributed by atoms with Crippen LogP contribution in [-0.2, 0) is 17.9 Å². The Balaban J connectivity index is 1.58. The Hall–Kier alpha value is -2.14. The number of benzene rings is 1. The van der Waals surface area contributed by atoms with Crippen molar-refractivity contribution >= 4 is 5.91 Å². The Morgan fingerprint density at radius 2 is 2.12 bits per heavy atom. The van der Waals surface area contributed by atoms with E-state index in [0.29, 0.717) is 12.6 Å². The van der Waals surface area contributed by atoms with E-state index >= 15 is 0 Å². The van der Waals surface area contributed by atoms with Gasteiger partial charge in [-0.1, -0.05) is 36.8 Å². The van der Waals surface area contributed by atoms with Gasteiger partial charge in [-0.2, -0.15) is 5.10 Å². The lowest BCUT2D eigenvalue weighted by Crippen LogP contribution is -2.52. The minimum Gasteiger partial charge on any atom is -0.351 e. The number of hydrogen-bond donors (Lipinski definition) is 1. The fourth-order valence-corrected chi connectivity index (χ4v) is 3.44. The Kier molecular flexibility index (Phi) is 5.64. The summed E-state index contributed by atoms with van der Waals surface area (Å²) in [6.07, 6.45) is 7.30. The van der Waals surface area contributed by atoms with Crippen molar-refractivity contribution in [1.29, 1.82) is 0 Å². The average molecular weight is 326 g/mol. The summed E-state index contributed by atoms with van der Waals surface area (Å²) in [5, 5.41) is 7.39. The fourth-order valence-electron chi connectivity index (χ4n) is 3.44. The van der Waals surface area contributed by atoms with Crippen molar-refractivity contribution in [3.8, 4) is 0 Å². The van der Waals surface area contributed by atoms with E-state index in [1.165, 1.54) is 6.42 Å². The number of amides is 1. The zero-order valence-electron chi connectivity index (χ0n) is 14.3. The number of carbonyl (C=O) groups excluding carboxylic acids is 1. The second-order valence-corrected chi connectivity index (χ2v) is 6.49. The molecule has 1 aliphatic heterocycles. The topological polar surface area (TPSA) is 50.2 Å². The summed E-state index contributed by atoms with van der Waals surface area (Å²) in [7, 11) is 0. The van der Waals surface area contributed by atoms with Crippen LogP contribution in [-0.4, -0.2) is 39.2 Å². The third kappa shape index (κ3) is 4.23. The molecule has 0 saturated carbocycles. The monoisotopic (exact) mass is 326 g/mol. The number of rotatable bonds is 6. The number of hydrogen-bond acceptors (Lipinski definition) is 3. The molecule has 1 saturated heterocycles. The Morgan fingerprint density at radius 3 is 2.88 bits per heavy atom. The zero-order chi connectivity index (χ0) is 16.8. The molecule has 5 nitrogen and oxygen atoms in total. The first-order valence-corrected chi connectivity index (χ1v) is 8.79. The Bertz CT molecular complexity index is 626. The molecule has 0 aliphatic carbocycles. The maximum Gasteiger partial charge on any atom is 0.237 e. The van der Waals surface area contributed by atoms with Gasteiger partial charge in [0, 0.05) is 25.0 Å². The zero-order valence-corrected chi connectivity index (χ0v) is 14.3. The van der Waals surface area contributed by atoms with Gasteiger partial charge in [0.1, 0.15) is 0 Å². The van der Waals surface area contributed by atoms with Crippen molar-refractivity contribution in [2.45, 2.75) is 51.4 Å². The highest BCUT2D eigenvalue weighted by molar-refractivity contribution is 5.81. The number of nitrogens with zero attached hydrogens (tertiary/aromatic N) is 3. The maximum atomic E-state index is 12.6. The predicted molar refractivity (Wildman–Crippen MR) is 94.3 cm³/mol. The highest BCUT2D eigenvalue weighted by Gasteiger charge is 2.30. The Morgan fingerprint density at radius 1 is 1.29 bits per heavy atom. The van der Waals surface area contributed by atoms with Gasteiger partial charge in [-0.25, -0.2) is 0 Å². The van der Waals surface area contributed by atoms with Crippen molar-refractivity contribution in [3.63, 3.8) is 0 Å². The number of piperidine rings is 1. The maximum absolute atomic E-state index is 12.6. The van der Waals surface area contributed by atoms with Gasteiger partial charge in [-0.05, 0) is 37.9 Å². The second kappa shape index (κ2) is 8.11. The molecule has 1 fully saturated rings. The third-order valence-electron chi connectivity index (χ3n) is 4.82. The van der Waals surface area contributed by atoms with Gasteiger partial charge in [0.25, 0.3) is 0 Å². The van der Waals surface area contributed by atoms with Gasteiger partial charge < -0.3 is 5.32 Å². The van der Waals surface area contributed by atoms with Crippen LogP contribution in [0.15, 0.2) is 48.8 Å². The molecule has 2 heterocycles. The molecule has 128 valence electrons. The molecule has 1 amide bonds. The van der Waals surface area contributed by atoms with Gasteiger partial charge in [0.15, 0.2) is 0 Å². The van der Waals surface area contributed by atoms with E-state index in [2.05, 4.69) is 15.3 Å². The molecule has 1 aromatic carbocycles. The average Bonchev–Trinajstić information content (AvgIpc) is 3.13. The molecule has 3 rings (SSSR count).